The van der Waals surface area contributed by atoms with Gasteiger partial charge in [0.15, 0.2) is 0 Å². The van der Waals surface area contributed by atoms with Gasteiger partial charge in [-0.1, -0.05) is 6.92 Å². The number of rotatable bonds is 4. The molecule has 2 heterocycles. The Morgan fingerprint density at radius 2 is 2.08 bits per heavy atom. The molecule has 6 nitrogen and oxygen atoms in total. The van der Waals surface area contributed by atoms with Crippen LogP contribution in [0.1, 0.15) is 25.6 Å². The Bertz CT molecular complexity index is 747. The van der Waals surface area contributed by atoms with E-state index < -0.39 is 0 Å². The highest BCUT2D eigenvalue weighted by Gasteiger charge is 2.23. The molecule has 0 saturated carbocycles. The summed E-state index contributed by atoms with van der Waals surface area (Å²) in [5.41, 5.74) is 0.875. The third kappa shape index (κ3) is 3.27. The number of benzene rings is 1. The molecule has 0 aliphatic carbocycles. The molecule has 0 atom stereocenters. The summed E-state index contributed by atoms with van der Waals surface area (Å²) in [4.78, 5) is 25.7. The van der Waals surface area contributed by atoms with Crippen molar-refractivity contribution in [2.45, 2.75) is 26.7 Å². The van der Waals surface area contributed by atoms with Crippen LogP contribution in [0, 0.1) is 6.92 Å². The second kappa shape index (κ2) is 7.03. The van der Waals surface area contributed by atoms with Crippen LogP contribution >= 0.6 is 0 Å². The number of amides is 1. The van der Waals surface area contributed by atoms with E-state index in [-0.39, 0.29) is 5.91 Å². The summed E-state index contributed by atoms with van der Waals surface area (Å²) in [6.45, 7) is 6.80. The number of methoxy groups -OCH3 is 1. The molecule has 1 aromatic heterocycles. The molecule has 6 heteroatoms. The first-order valence-electron chi connectivity index (χ1n) is 8.47. The summed E-state index contributed by atoms with van der Waals surface area (Å²) < 4.78 is 5.34. The molecular formula is C18H24N4O2. The van der Waals surface area contributed by atoms with Crippen LogP contribution in [0.5, 0.6) is 5.75 Å². The number of nitrogens with zero attached hydrogens (tertiary/aromatic N) is 4. The van der Waals surface area contributed by atoms with Crippen LogP contribution in [0.15, 0.2) is 18.2 Å². The number of ether oxygens (including phenoxy) is 1. The predicted octanol–water partition coefficient (Wildman–Crippen LogP) is 2.40. The highest BCUT2D eigenvalue weighted by Crippen LogP contribution is 2.28. The Balaban J connectivity index is 2.00. The standard InChI is InChI=1S/C18H24N4O2/c1-4-8-21-9-5-10-22(12-17(21)23)18-15-11-14(24-3)6-7-16(15)19-13(2)20-18/h6-7,11H,4-5,8-10,12H2,1-3H3. The summed E-state index contributed by atoms with van der Waals surface area (Å²) in [5.74, 6) is 2.47. The van der Waals surface area contributed by atoms with Crippen LogP contribution in [-0.2, 0) is 4.79 Å². The zero-order valence-electron chi connectivity index (χ0n) is 14.6. The zero-order valence-corrected chi connectivity index (χ0v) is 14.6. The van der Waals surface area contributed by atoms with E-state index in [1.165, 1.54) is 0 Å². The molecule has 1 saturated heterocycles. The average molecular weight is 328 g/mol. The third-order valence-electron chi connectivity index (χ3n) is 4.32. The Kier molecular flexibility index (Phi) is 4.83. The van der Waals surface area contributed by atoms with E-state index in [0.717, 1.165) is 54.9 Å². The molecule has 24 heavy (non-hydrogen) atoms. The lowest BCUT2D eigenvalue weighted by Crippen LogP contribution is -2.37. The second-order valence-electron chi connectivity index (χ2n) is 6.13. The van der Waals surface area contributed by atoms with E-state index in [1.54, 1.807) is 7.11 Å². The first-order valence-corrected chi connectivity index (χ1v) is 8.47. The minimum atomic E-state index is 0.168. The number of carbonyl (C=O) groups excluding carboxylic acids is 1. The van der Waals surface area contributed by atoms with Crippen LogP contribution in [0.3, 0.4) is 0 Å². The highest BCUT2D eigenvalue weighted by atomic mass is 16.5. The van der Waals surface area contributed by atoms with Gasteiger partial charge >= 0.3 is 0 Å². The van der Waals surface area contributed by atoms with E-state index in [4.69, 9.17) is 4.74 Å². The fourth-order valence-corrected chi connectivity index (χ4v) is 3.18. The fourth-order valence-electron chi connectivity index (χ4n) is 3.18. The normalized spacial score (nSPS) is 15.7. The lowest BCUT2D eigenvalue weighted by molar-refractivity contribution is -0.129. The van der Waals surface area contributed by atoms with Crippen molar-refractivity contribution in [3.63, 3.8) is 0 Å². The molecule has 0 spiro atoms. The van der Waals surface area contributed by atoms with Gasteiger partial charge in [-0.3, -0.25) is 4.79 Å². The summed E-state index contributed by atoms with van der Waals surface area (Å²) >= 11 is 0. The van der Waals surface area contributed by atoms with Crippen LogP contribution in [0.25, 0.3) is 10.9 Å². The Hall–Kier alpha value is -2.37. The van der Waals surface area contributed by atoms with Gasteiger partial charge in [-0.25, -0.2) is 9.97 Å². The topological polar surface area (TPSA) is 58.6 Å². The quantitative estimate of drug-likeness (QED) is 0.862. The van der Waals surface area contributed by atoms with E-state index in [2.05, 4.69) is 21.8 Å². The van der Waals surface area contributed by atoms with Gasteiger partial charge in [-0.05, 0) is 38.0 Å². The van der Waals surface area contributed by atoms with Crippen molar-refractivity contribution in [1.29, 1.82) is 0 Å². The van der Waals surface area contributed by atoms with Crippen molar-refractivity contribution in [2.75, 3.05) is 38.2 Å². The Morgan fingerprint density at radius 3 is 2.83 bits per heavy atom. The number of hydrogen-bond acceptors (Lipinski definition) is 5. The lowest BCUT2D eigenvalue weighted by Gasteiger charge is -2.23. The SMILES string of the molecule is CCCN1CCCN(c2nc(C)nc3ccc(OC)cc23)CC1=O. The van der Waals surface area contributed by atoms with Crippen molar-refractivity contribution in [3.8, 4) is 5.75 Å². The Labute approximate surface area is 142 Å². The Morgan fingerprint density at radius 1 is 1.25 bits per heavy atom. The molecule has 1 fully saturated rings. The first kappa shape index (κ1) is 16.5. The number of fused-ring (bicyclic) bond motifs is 1. The maximum Gasteiger partial charge on any atom is 0.242 e. The van der Waals surface area contributed by atoms with Gasteiger partial charge in [-0.15, -0.1) is 0 Å². The van der Waals surface area contributed by atoms with Crippen LogP contribution < -0.4 is 9.64 Å². The number of aryl methyl sites for hydroxylation is 1. The lowest BCUT2D eigenvalue weighted by atomic mass is 10.2. The van der Waals surface area contributed by atoms with E-state index in [1.807, 2.05) is 30.0 Å². The monoisotopic (exact) mass is 328 g/mol. The van der Waals surface area contributed by atoms with Crippen molar-refractivity contribution >= 4 is 22.6 Å². The maximum absolute atomic E-state index is 12.5. The minimum absolute atomic E-state index is 0.168. The zero-order chi connectivity index (χ0) is 17.1. The molecule has 0 radical (unpaired) electrons. The minimum Gasteiger partial charge on any atom is -0.497 e. The van der Waals surface area contributed by atoms with Gasteiger partial charge in [0.1, 0.15) is 17.4 Å². The van der Waals surface area contributed by atoms with Gasteiger partial charge in [0.25, 0.3) is 0 Å². The average Bonchev–Trinajstić information content (AvgIpc) is 2.76. The van der Waals surface area contributed by atoms with Gasteiger partial charge in [0, 0.05) is 25.0 Å². The summed E-state index contributed by atoms with van der Waals surface area (Å²) in [7, 11) is 1.65. The second-order valence-corrected chi connectivity index (χ2v) is 6.13. The molecule has 3 rings (SSSR count). The molecule has 0 N–H and O–H groups in total. The smallest absolute Gasteiger partial charge is 0.242 e. The van der Waals surface area contributed by atoms with Crippen molar-refractivity contribution in [2.24, 2.45) is 0 Å². The van der Waals surface area contributed by atoms with Gasteiger partial charge in [0.05, 0.1) is 19.2 Å². The molecule has 1 aliphatic heterocycles. The fraction of sp³-hybridized carbons (Fsp3) is 0.500. The summed E-state index contributed by atoms with van der Waals surface area (Å²) in [5, 5.41) is 0.927. The molecular weight excluding hydrogens is 304 g/mol. The third-order valence-corrected chi connectivity index (χ3v) is 4.32. The van der Waals surface area contributed by atoms with E-state index in [0.29, 0.717) is 12.4 Å². The number of anilines is 1. The molecule has 128 valence electrons. The van der Waals surface area contributed by atoms with Gasteiger partial charge in [-0.2, -0.15) is 0 Å². The van der Waals surface area contributed by atoms with Crippen LogP contribution in [0.4, 0.5) is 5.82 Å². The van der Waals surface area contributed by atoms with E-state index >= 15 is 0 Å². The first-order chi connectivity index (χ1) is 11.6. The molecule has 1 amide bonds. The number of aromatic nitrogens is 2. The number of hydrogen-bond donors (Lipinski definition) is 0. The molecule has 0 unspecified atom stereocenters. The van der Waals surface area contributed by atoms with Crippen LogP contribution in [-0.4, -0.2) is 54.1 Å². The largest absolute Gasteiger partial charge is 0.497 e. The molecule has 0 bridgehead atoms. The van der Waals surface area contributed by atoms with Crippen molar-refractivity contribution in [3.05, 3.63) is 24.0 Å². The van der Waals surface area contributed by atoms with E-state index in [9.17, 15) is 4.79 Å². The maximum atomic E-state index is 12.5. The molecule has 1 aromatic carbocycles. The molecule has 1 aliphatic rings. The van der Waals surface area contributed by atoms with Gasteiger partial charge in [0.2, 0.25) is 5.91 Å². The van der Waals surface area contributed by atoms with Gasteiger partial charge < -0.3 is 14.5 Å². The molecule has 2 aromatic rings. The van der Waals surface area contributed by atoms with Crippen LogP contribution in [0.2, 0.25) is 0 Å². The van der Waals surface area contributed by atoms with Crippen molar-refractivity contribution < 1.29 is 9.53 Å². The highest BCUT2D eigenvalue weighted by molar-refractivity contribution is 5.92. The summed E-state index contributed by atoms with van der Waals surface area (Å²) in [6, 6.07) is 5.79. The summed E-state index contributed by atoms with van der Waals surface area (Å²) in [6.07, 6.45) is 1.93. The van der Waals surface area contributed by atoms with Crippen molar-refractivity contribution in [1.82, 2.24) is 14.9 Å². The predicted molar refractivity (Wildman–Crippen MR) is 94.5 cm³/mol. The number of carbonyl (C=O) groups is 1.